The second-order valence-corrected chi connectivity index (χ2v) is 15.5. The van der Waals surface area contributed by atoms with Crippen LogP contribution >= 0.6 is 0 Å². The highest BCUT2D eigenvalue weighted by atomic mass is 16.5. The molecule has 0 aromatic carbocycles. The Balaban J connectivity index is 0. The number of nitrogens with one attached hydrogen (secondary N) is 2. The highest BCUT2D eigenvalue weighted by molar-refractivity contribution is 5.78. The van der Waals surface area contributed by atoms with Crippen LogP contribution in [0.4, 0.5) is 0 Å². The van der Waals surface area contributed by atoms with E-state index in [1.165, 1.54) is 64.2 Å². The van der Waals surface area contributed by atoms with Crippen molar-refractivity contribution in [2.75, 3.05) is 72.2 Å². The van der Waals surface area contributed by atoms with E-state index in [2.05, 4.69) is 38.3 Å². The Morgan fingerprint density at radius 2 is 1.04 bits per heavy atom. The van der Waals surface area contributed by atoms with Crippen LogP contribution in [0.1, 0.15) is 164 Å². The van der Waals surface area contributed by atoms with Gasteiger partial charge in [0.1, 0.15) is 5.78 Å². The van der Waals surface area contributed by atoms with E-state index in [1.807, 2.05) is 18.7 Å². The standard InChI is InChI=1S/2C21H45N3O2/c1-4-13-23-14-6-5-7-15-24-16-9-12-21(25)11-8-10-19(2)17-26-18-20(3)22;1-4-5-6-7-8-9-10-15-24(16-14-22)21(25)13-11-12-19(2)17-26-18-20(3)23/h19-20,23-24H,4-18,22H2,1-3H3;19-20H,4-18,22-23H2,1-3H3. The predicted octanol–water partition coefficient (Wildman–Crippen LogP) is 6.96. The van der Waals surface area contributed by atoms with Gasteiger partial charge in [-0.1, -0.05) is 72.6 Å². The molecular weight excluding hydrogens is 652 g/mol. The number of amides is 1. The van der Waals surface area contributed by atoms with E-state index in [-0.39, 0.29) is 18.0 Å². The zero-order chi connectivity index (χ0) is 39.1. The van der Waals surface area contributed by atoms with Crippen LogP contribution in [0.2, 0.25) is 0 Å². The third-order valence-corrected chi connectivity index (χ3v) is 9.03. The monoisotopic (exact) mass is 743 g/mol. The highest BCUT2D eigenvalue weighted by Gasteiger charge is 2.13. The van der Waals surface area contributed by atoms with Gasteiger partial charge >= 0.3 is 0 Å². The average Bonchev–Trinajstić information content (AvgIpc) is 3.09. The summed E-state index contributed by atoms with van der Waals surface area (Å²) in [5.41, 5.74) is 17.0. The van der Waals surface area contributed by atoms with Crippen LogP contribution in [0.25, 0.3) is 0 Å². The molecule has 4 unspecified atom stereocenters. The number of ketones is 1. The van der Waals surface area contributed by atoms with E-state index >= 15 is 0 Å². The van der Waals surface area contributed by atoms with E-state index in [0.29, 0.717) is 63.2 Å². The minimum Gasteiger partial charge on any atom is -0.380 e. The fourth-order valence-corrected chi connectivity index (χ4v) is 5.90. The molecule has 8 N–H and O–H groups in total. The number of Topliss-reactive ketones (excluding diaryl/α,β-unsaturated/α-hetero) is 1. The second kappa shape index (κ2) is 41.0. The zero-order valence-electron chi connectivity index (χ0n) is 35.3. The van der Waals surface area contributed by atoms with Gasteiger partial charge < -0.3 is 42.2 Å². The van der Waals surface area contributed by atoms with Crippen molar-refractivity contribution in [1.29, 1.82) is 0 Å². The maximum absolute atomic E-state index is 12.4. The molecule has 1 amide bonds. The van der Waals surface area contributed by atoms with E-state index in [1.54, 1.807) is 0 Å². The van der Waals surface area contributed by atoms with Gasteiger partial charge in [-0.2, -0.15) is 0 Å². The Morgan fingerprint density at radius 1 is 0.558 bits per heavy atom. The topological polar surface area (TPSA) is 158 Å². The predicted molar refractivity (Wildman–Crippen MR) is 223 cm³/mol. The number of ether oxygens (including phenoxy) is 2. The van der Waals surface area contributed by atoms with Gasteiger partial charge in [-0.3, -0.25) is 9.59 Å². The summed E-state index contributed by atoms with van der Waals surface area (Å²) in [5, 5.41) is 6.88. The van der Waals surface area contributed by atoms with Crippen LogP contribution in [0.3, 0.4) is 0 Å². The number of hydrogen-bond acceptors (Lipinski definition) is 9. The molecule has 4 atom stereocenters. The molecule has 10 heteroatoms. The summed E-state index contributed by atoms with van der Waals surface area (Å²) < 4.78 is 11.1. The van der Waals surface area contributed by atoms with Crippen LogP contribution in [-0.2, 0) is 19.1 Å². The summed E-state index contributed by atoms with van der Waals surface area (Å²) in [4.78, 5) is 26.3. The third kappa shape index (κ3) is 41.6. The minimum absolute atomic E-state index is 0.0836. The summed E-state index contributed by atoms with van der Waals surface area (Å²) in [6, 6.07) is 0.181. The molecule has 0 aromatic rings. The lowest BCUT2D eigenvalue weighted by Gasteiger charge is -2.22. The molecule has 52 heavy (non-hydrogen) atoms. The van der Waals surface area contributed by atoms with Crippen LogP contribution in [0.15, 0.2) is 0 Å². The molecule has 0 radical (unpaired) electrons. The molecule has 0 fully saturated rings. The molecule has 0 aliphatic heterocycles. The molecule has 0 rings (SSSR count). The summed E-state index contributed by atoms with van der Waals surface area (Å²) in [6.07, 6.45) is 20.8. The molecular formula is C42H90N6O4. The fourth-order valence-electron chi connectivity index (χ4n) is 5.90. The van der Waals surface area contributed by atoms with Gasteiger partial charge in [-0.25, -0.2) is 0 Å². The average molecular weight is 743 g/mol. The molecule has 312 valence electrons. The van der Waals surface area contributed by atoms with Crippen molar-refractivity contribution in [3.63, 3.8) is 0 Å². The van der Waals surface area contributed by atoms with E-state index in [9.17, 15) is 9.59 Å². The molecule has 0 spiro atoms. The second-order valence-electron chi connectivity index (χ2n) is 15.5. The van der Waals surface area contributed by atoms with Gasteiger partial charge in [0, 0.05) is 64.2 Å². The van der Waals surface area contributed by atoms with Crippen LogP contribution in [-0.4, -0.2) is 101 Å². The number of carbonyl (C=O) groups excluding carboxylic acids is 2. The quantitative estimate of drug-likeness (QED) is 0.0422. The normalized spacial score (nSPS) is 13.6. The maximum atomic E-state index is 12.4. The van der Waals surface area contributed by atoms with Crippen LogP contribution in [0.5, 0.6) is 0 Å². The smallest absolute Gasteiger partial charge is 0.222 e. The van der Waals surface area contributed by atoms with Crippen molar-refractivity contribution in [3.8, 4) is 0 Å². The van der Waals surface area contributed by atoms with Crippen molar-refractivity contribution >= 4 is 11.7 Å². The number of rotatable bonds is 38. The summed E-state index contributed by atoms with van der Waals surface area (Å²) >= 11 is 0. The number of nitrogens with zero attached hydrogens (tertiary/aromatic N) is 1. The molecule has 0 saturated heterocycles. The Morgan fingerprint density at radius 3 is 1.58 bits per heavy atom. The molecule has 0 saturated carbocycles. The number of hydrogen-bond donors (Lipinski definition) is 5. The zero-order valence-corrected chi connectivity index (χ0v) is 35.3. The van der Waals surface area contributed by atoms with Crippen LogP contribution < -0.4 is 27.8 Å². The minimum atomic E-state index is 0.0836. The first-order valence-electron chi connectivity index (χ1n) is 21.6. The van der Waals surface area contributed by atoms with E-state index < -0.39 is 0 Å². The number of nitrogens with two attached hydrogens (primary N) is 3. The molecule has 0 aromatic heterocycles. The first-order chi connectivity index (χ1) is 25.1. The fraction of sp³-hybridized carbons (Fsp3) is 0.952. The van der Waals surface area contributed by atoms with Crippen molar-refractivity contribution in [2.24, 2.45) is 29.0 Å². The van der Waals surface area contributed by atoms with Crippen molar-refractivity contribution in [1.82, 2.24) is 15.5 Å². The van der Waals surface area contributed by atoms with Gasteiger partial charge in [0.15, 0.2) is 0 Å². The van der Waals surface area contributed by atoms with Crippen molar-refractivity contribution in [3.05, 3.63) is 0 Å². The first-order valence-corrected chi connectivity index (χ1v) is 21.6. The SMILES string of the molecule is CCCCCCCCCN(CCN)C(=O)CCCC(C)COCC(C)N.CCCNCCCCCNCCCC(=O)CCCC(C)COCC(C)N. The Labute approximate surface area is 322 Å². The van der Waals surface area contributed by atoms with Gasteiger partial charge in [-0.05, 0) is 110 Å². The van der Waals surface area contributed by atoms with Crippen LogP contribution in [0, 0.1) is 11.8 Å². The van der Waals surface area contributed by atoms with Crippen molar-refractivity contribution in [2.45, 2.75) is 176 Å². The Bertz CT molecular complexity index is 758. The lowest BCUT2D eigenvalue weighted by molar-refractivity contribution is -0.131. The third-order valence-electron chi connectivity index (χ3n) is 9.03. The van der Waals surface area contributed by atoms with Gasteiger partial charge in [0.05, 0.1) is 13.2 Å². The summed E-state index contributed by atoms with van der Waals surface area (Å²) in [7, 11) is 0. The van der Waals surface area contributed by atoms with E-state index in [0.717, 1.165) is 84.5 Å². The summed E-state index contributed by atoms with van der Waals surface area (Å²) in [6.45, 7) is 21.7. The molecule has 10 nitrogen and oxygen atoms in total. The maximum Gasteiger partial charge on any atom is 0.222 e. The Hall–Kier alpha value is -1.14. The van der Waals surface area contributed by atoms with Gasteiger partial charge in [-0.15, -0.1) is 0 Å². The largest absolute Gasteiger partial charge is 0.380 e. The van der Waals surface area contributed by atoms with Gasteiger partial charge in [0.2, 0.25) is 5.91 Å². The lowest BCUT2D eigenvalue weighted by atomic mass is 10.0. The molecule has 0 aliphatic rings. The lowest BCUT2D eigenvalue weighted by Crippen LogP contribution is -2.36. The number of unbranched alkanes of at least 4 members (excludes halogenated alkanes) is 8. The molecule has 0 bridgehead atoms. The highest BCUT2D eigenvalue weighted by Crippen LogP contribution is 2.13. The molecule has 0 aliphatic carbocycles. The number of carbonyl (C=O) groups is 2. The van der Waals surface area contributed by atoms with E-state index in [4.69, 9.17) is 26.7 Å². The Kier molecular flexibility index (Phi) is 41.8. The first kappa shape index (κ1) is 53.0. The molecule has 0 heterocycles. The summed E-state index contributed by atoms with van der Waals surface area (Å²) in [5.74, 6) is 1.62. The van der Waals surface area contributed by atoms with Crippen molar-refractivity contribution < 1.29 is 19.1 Å². The van der Waals surface area contributed by atoms with Gasteiger partial charge in [0.25, 0.3) is 0 Å².